The Labute approximate surface area is 181 Å². The molecule has 1 aromatic heterocycles. The Bertz CT molecular complexity index is 757. The first kappa shape index (κ1) is 22.2. The third-order valence-electron chi connectivity index (χ3n) is 4.51. The molecule has 2 heterocycles. The monoisotopic (exact) mass is 500 g/mol. The lowest BCUT2D eigenvalue weighted by molar-refractivity contribution is 0.0657. The van der Waals surface area contributed by atoms with Gasteiger partial charge in [0.15, 0.2) is 11.7 Å². The summed E-state index contributed by atoms with van der Waals surface area (Å²) in [6.07, 6.45) is 2.27. The van der Waals surface area contributed by atoms with Gasteiger partial charge in [0, 0.05) is 39.3 Å². The van der Waals surface area contributed by atoms with Crippen LogP contribution in [0.2, 0.25) is 0 Å². The summed E-state index contributed by atoms with van der Waals surface area (Å²) in [7, 11) is 0. The normalized spacial score (nSPS) is 14.6. The van der Waals surface area contributed by atoms with Crippen LogP contribution in [0.25, 0.3) is 0 Å². The second-order valence-electron chi connectivity index (χ2n) is 6.37. The molecule has 152 valence electrons. The number of furan rings is 1. The fourth-order valence-electron chi connectivity index (χ4n) is 3.05. The average Bonchev–Trinajstić information content (AvgIpc) is 3.23. The molecule has 0 bridgehead atoms. The number of halogens is 2. The minimum Gasteiger partial charge on any atom is -0.459 e. The van der Waals surface area contributed by atoms with E-state index in [9.17, 15) is 9.18 Å². The number of hydrogen-bond acceptors (Lipinski definition) is 3. The lowest BCUT2D eigenvalue weighted by Gasteiger charge is -2.36. The van der Waals surface area contributed by atoms with Gasteiger partial charge in [-0.3, -0.25) is 9.79 Å². The summed E-state index contributed by atoms with van der Waals surface area (Å²) in [6.45, 7) is 6.13. The molecule has 1 aromatic carbocycles. The molecule has 0 aliphatic carbocycles. The van der Waals surface area contributed by atoms with E-state index in [0.717, 1.165) is 37.6 Å². The highest BCUT2D eigenvalue weighted by Crippen LogP contribution is 2.10. The quantitative estimate of drug-likeness (QED) is 0.390. The Kier molecular flexibility index (Phi) is 8.75. The summed E-state index contributed by atoms with van der Waals surface area (Å²) in [4.78, 5) is 21.0. The van der Waals surface area contributed by atoms with Crippen LogP contribution >= 0.6 is 24.0 Å². The van der Waals surface area contributed by atoms with Gasteiger partial charge in [-0.1, -0.05) is 12.1 Å². The van der Waals surface area contributed by atoms with Gasteiger partial charge in [-0.2, -0.15) is 0 Å². The number of benzene rings is 1. The molecule has 28 heavy (non-hydrogen) atoms. The molecule has 0 atom stereocenters. The van der Waals surface area contributed by atoms with Crippen LogP contribution in [0.1, 0.15) is 23.0 Å². The number of rotatable bonds is 5. The Hall–Kier alpha value is -2.10. The summed E-state index contributed by atoms with van der Waals surface area (Å²) in [5, 5.41) is 3.31. The van der Waals surface area contributed by atoms with Crippen LogP contribution in [0.4, 0.5) is 4.39 Å². The van der Waals surface area contributed by atoms with Gasteiger partial charge >= 0.3 is 0 Å². The van der Waals surface area contributed by atoms with Crippen molar-refractivity contribution in [2.75, 3.05) is 39.3 Å². The van der Waals surface area contributed by atoms with Crippen molar-refractivity contribution in [3.05, 3.63) is 59.8 Å². The Morgan fingerprint density at radius 1 is 1.14 bits per heavy atom. The van der Waals surface area contributed by atoms with E-state index in [1.165, 1.54) is 18.4 Å². The predicted molar refractivity (Wildman–Crippen MR) is 118 cm³/mol. The molecule has 1 N–H and O–H groups in total. The number of carbonyl (C=O) groups is 1. The average molecular weight is 500 g/mol. The van der Waals surface area contributed by atoms with Gasteiger partial charge in [0.05, 0.1) is 6.26 Å². The summed E-state index contributed by atoms with van der Waals surface area (Å²) in [6, 6.07) is 9.93. The zero-order valence-electron chi connectivity index (χ0n) is 15.9. The van der Waals surface area contributed by atoms with Crippen LogP contribution in [0.5, 0.6) is 0 Å². The standard InChI is InChI=1S/C20H25FN4O2.HI/c1-2-22-20(23-10-9-16-5-7-17(21)8-6-16)25-13-11-24(12-14-25)19(26)18-4-3-15-27-18;/h3-8,15H,2,9-14H2,1H3,(H,22,23);1H. The van der Waals surface area contributed by atoms with Crippen molar-refractivity contribution in [2.24, 2.45) is 4.99 Å². The summed E-state index contributed by atoms with van der Waals surface area (Å²) >= 11 is 0. The summed E-state index contributed by atoms with van der Waals surface area (Å²) in [5.74, 6) is 0.934. The molecule has 1 fully saturated rings. The number of nitrogens with one attached hydrogen (secondary N) is 1. The molecule has 1 aliphatic heterocycles. The van der Waals surface area contributed by atoms with Gasteiger partial charge in [0.2, 0.25) is 0 Å². The number of nitrogens with zero attached hydrogens (tertiary/aromatic N) is 3. The van der Waals surface area contributed by atoms with Gasteiger partial charge in [0.1, 0.15) is 5.82 Å². The third-order valence-corrected chi connectivity index (χ3v) is 4.51. The summed E-state index contributed by atoms with van der Waals surface area (Å²) in [5.41, 5.74) is 1.06. The van der Waals surface area contributed by atoms with Crippen molar-refractivity contribution in [3.63, 3.8) is 0 Å². The molecular weight excluding hydrogens is 474 g/mol. The van der Waals surface area contributed by atoms with Gasteiger partial charge < -0.3 is 19.5 Å². The first-order valence-electron chi connectivity index (χ1n) is 9.28. The molecule has 6 nitrogen and oxygen atoms in total. The van der Waals surface area contributed by atoms with E-state index >= 15 is 0 Å². The fourth-order valence-corrected chi connectivity index (χ4v) is 3.05. The molecule has 1 saturated heterocycles. The van der Waals surface area contributed by atoms with E-state index in [-0.39, 0.29) is 35.7 Å². The number of guanidine groups is 1. The molecule has 1 aliphatic rings. The smallest absolute Gasteiger partial charge is 0.289 e. The SMILES string of the molecule is CCNC(=NCCc1ccc(F)cc1)N1CCN(C(=O)c2ccco2)CC1.I. The lowest BCUT2D eigenvalue weighted by Crippen LogP contribution is -2.53. The molecule has 8 heteroatoms. The first-order chi connectivity index (χ1) is 13.2. The minimum atomic E-state index is -0.224. The Morgan fingerprint density at radius 3 is 2.43 bits per heavy atom. The number of hydrogen-bond donors (Lipinski definition) is 1. The third kappa shape index (κ3) is 5.95. The van der Waals surface area contributed by atoms with Crippen LogP contribution < -0.4 is 5.32 Å². The molecule has 0 saturated carbocycles. The highest BCUT2D eigenvalue weighted by atomic mass is 127. The van der Waals surface area contributed by atoms with E-state index in [1.54, 1.807) is 29.2 Å². The highest BCUT2D eigenvalue weighted by Gasteiger charge is 2.25. The first-order valence-corrected chi connectivity index (χ1v) is 9.28. The van der Waals surface area contributed by atoms with E-state index < -0.39 is 0 Å². The lowest BCUT2D eigenvalue weighted by atomic mass is 10.1. The van der Waals surface area contributed by atoms with Gasteiger partial charge in [-0.25, -0.2) is 4.39 Å². The molecule has 0 radical (unpaired) electrons. The van der Waals surface area contributed by atoms with E-state index in [4.69, 9.17) is 9.41 Å². The topological polar surface area (TPSA) is 61.1 Å². The van der Waals surface area contributed by atoms with Crippen LogP contribution in [-0.4, -0.2) is 60.9 Å². The van der Waals surface area contributed by atoms with Crippen molar-refractivity contribution >= 4 is 35.8 Å². The van der Waals surface area contributed by atoms with Crippen molar-refractivity contribution in [3.8, 4) is 0 Å². The van der Waals surface area contributed by atoms with Crippen LogP contribution in [-0.2, 0) is 6.42 Å². The van der Waals surface area contributed by atoms with E-state index in [0.29, 0.717) is 25.4 Å². The molecule has 1 amide bonds. The number of piperazine rings is 1. The Morgan fingerprint density at radius 2 is 1.82 bits per heavy atom. The maximum atomic E-state index is 13.0. The zero-order valence-corrected chi connectivity index (χ0v) is 18.3. The van der Waals surface area contributed by atoms with E-state index in [2.05, 4.69) is 10.2 Å². The second kappa shape index (κ2) is 11.0. The Balaban J connectivity index is 0.00000280. The predicted octanol–water partition coefficient (Wildman–Crippen LogP) is 3.00. The van der Waals surface area contributed by atoms with Crippen LogP contribution in [0.15, 0.2) is 52.1 Å². The summed E-state index contributed by atoms with van der Waals surface area (Å²) < 4.78 is 18.2. The minimum absolute atomic E-state index is 0. The van der Waals surface area contributed by atoms with E-state index in [1.807, 2.05) is 6.92 Å². The van der Waals surface area contributed by atoms with Crippen LogP contribution in [0, 0.1) is 5.82 Å². The van der Waals surface area contributed by atoms with Gasteiger partial charge in [-0.05, 0) is 43.2 Å². The second-order valence-corrected chi connectivity index (χ2v) is 6.37. The van der Waals surface area contributed by atoms with Crippen molar-refractivity contribution in [2.45, 2.75) is 13.3 Å². The molecule has 2 aromatic rings. The van der Waals surface area contributed by atoms with Gasteiger partial charge in [-0.15, -0.1) is 24.0 Å². The van der Waals surface area contributed by atoms with Crippen molar-refractivity contribution < 1.29 is 13.6 Å². The zero-order chi connectivity index (χ0) is 19.1. The fraction of sp³-hybridized carbons (Fsp3) is 0.400. The van der Waals surface area contributed by atoms with Crippen molar-refractivity contribution in [1.29, 1.82) is 0 Å². The molecule has 3 rings (SSSR count). The number of amides is 1. The maximum Gasteiger partial charge on any atom is 0.289 e. The maximum absolute atomic E-state index is 13.0. The molecule has 0 spiro atoms. The number of aliphatic imine (C=N–C) groups is 1. The van der Waals surface area contributed by atoms with Gasteiger partial charge in [0.25, 0.3) is 5.91 Å². The molecule has 0 unspecified atom stereocenters. The van der Waals surface area contributed by atoms with Crippen molar-refractivity contribution in [1.82, 2.24) is 15.1 Å². The van der Waals surface area contributed by atoms with Crippen LogP contribution in [0.3, 0.4) is 0 Å². The highest BCUT2D eigenvalue weighted by molar-refractivity contribution is 14.0. The number of carbonyl (C=O) groups excluding carboxylic acids is 1. The largest absolute Gasteiger partial charge is 0.459 e. The molecular formula is C20H26FIN4O2.